The molecular weight excluding hydrogens is 138 g/mol. The lowest BCUT2D eigenvalue weighted by Gasteiger charge is -2.11. The highest BCUT2D eigenvalue weighted by molar-refractivity contribution is 5.81. The van der Waals surface area contributed by atoms with Crippen LogP contribution in [0.2, 0.25) is 0 Å². The van der Waals surface area contributed by atoms with E-state index in [0.29, 0.717) is 0 Å². The normalized spacial score (nSPS) is 17.2. The maximum absolute atomic E-state index is 5.54. The lowest BCUT2D eigenvalue weighted by Crippen LogP contribution is -2.15. The Labute approximate surface area is 68.3 Å². The molecule has 1 aliphatic rings. The Morgan fingerprint density at radius 3 is 2.91 bits per heavy atom. The van der Waals surface area contributed by atoms with E-state index in [0.717, 1.165) is 25.3 Å². The Morgan fingerprint density at radius 1 is 1.55 bits per heavy atom. The van der Waals surface area contributed by atoms with Crippen molar-refractivity contribution in [3.8, 4) is 0 Å². The smallest absolute Gasteiger partial charge is 0.121 e. The first kappa shape index (κ1) is 8.37. The van der Waals surface area contributed by atoms with E-state index in [9.17, 15) is 0 Å². The van der Waals surface area contributed by atoms with Crippen LogP contribution in [0.4, 0.5) is 0 Å². The van der Waals surface area contributed by atoms with Gasteiger partial charge in [0.2, 0.25) is 0 Å². The number of hydrogen-bond acceptors (Lipinski definition) is 3. The van der Waals surface area contributed by atoms with E-state index in [4.69, 9.17) is 5.73 Å². The predicted molar refractivity (Wildman–Crippen MR) is 47.3 cm³/mol. The Morgan fingerprint density at radius 2 is 2.36 bits per heavy atom. The number of amidine groups is 1. The molecular formula is C8H17N3. The van der Waals surface area contributed by atoms with E-state index in [-0.39, 0.29) is 0 Å². The molecule has 2 N–H and O–H groups in total. The molecule has 3 nitrogen and oxygen atoms in total. The molecule has 0 aromatic carbocycles. The third kappa shape index (κ3) is 2.78. The van der Waals surface area contributed by atoms with Gasteiger partial charge in [0.1, 0.15) is 5.84 Å². The fourth-order valence-corrected chi connectivity index (χ4v) is 1.23. The van der Waals surface area contributed by atoms with Crippen molar-refractivity contribution in [3.05, 3.63) is 0 Å². The highest BCUT2D eigenvalue weighted by Gasteiger charge is 2.09. The lowest BCUT2D eigenvalue weighted by molar-refractivity contribution is 0.310. The fourth-order valence-electron chi connectivity index (χ4n) is 1.23. The van der Waals surface area contributed by atoms with E-state index >= 15 is 0 Å². The first-order valence-corrected chi connectivity index (χ1v) is 4.41. The van der Waals surface area contributed by atoms with Gasteiger partial charge < -0.3 is 5.73 Å². The average molecular weight is 155 g/mol. The zero-order valence-corrected chi connectivity index (χ0v) is 7.21. The lowest BCUT2D eigenvalue weighted by atomic mass is 10.2. The summed E-state index contributed by atoms with van der Waals surface area (Å²) >= 11 is 0. The fraction of sp³-hybridized carbons (Fsp3) is 0.875. The third-order valence-corrected chi connectivity index (χ3v) is 1.92. The highest BCUT2D eigenvalue weighted by atomic mass is 15.5. The number of rotatable bonds is 4. The van der Waals surface area contributed by atoms with E-state index in [1.54, 1.807) is 0 Å². The maximum Gasteiger partial charge on any atom is 0.121 e. The summed E-state index contributed by atoms with van der Waals surface area (Å²) in [4.78, 5) is 0. The second-order valence-electron chi connectivity index (χ2n) is 3.00. The van der Waals surface area contributed by atoms with Crippen molar-refractivity contribution in [1.29, 1.82) is 0 Å². The van der Waals surface area contributed by atoms with Crippen molar-refractivity contribution in [3.63, 3.8) is 0 Å². The molecule has 0 aromatic heterocycles. The third-order valence-electron chi connectivity index (χ3n) is 1.92. The van der Waals surface area contributed by atoms with Gasteiger partial charge in [0.25, 0.3) is 0 Å². The summed E-state index contributed by atoms with van der Waals surface area (Å²) < 4.78 is 0. The molecule has 0 saturated heterocycles. The Balaban J connectivity index is 2.08. The molecule has 0 amide bonds. The molecule has 0 aliphatic carbocycles. The Kier molecular flexibility index (Phi) is 3.20. The van der Waals surface area contributed by atoms with Crippen LogP contribution in [0.3, 0.4) is 0 Å². The van der Waals surface area contributed by atoms with E-state index in [1.165, 1.54) is 19.3 Å². The number of hydrogen-bond donors (Lipinski definition) is 1. The van der Waals surface area contributed by atoms with Gasteiger partial charge in [0, 0.05) is 19.5 Å². The van der Waals surface area contributed by atoms with Gasteiger partial charge in [0.05, 0.1) is 0 Å². The Bertz CT molecular complexity index is 142. The first-order valence-electron chi connectivity index (χ1n) is 4.41. The van der Waals surface area contributed by atoms with Crippen LogP contribution in [0.5, 0.6) is 0 Å². The van der Waals surface area contributed by atoms with Crippen LogP contribution >= 0.6 is 0 Å². The molecule has 0 atom stereocenters. The molecule has 0 fully saturated rings. The minimum atomic E-state index is 0.793. The van der Waals surface area contributed by atoms with Crippen molar-refractivity contribution in [2.45, 2.75) is 32.6 Å². The van der Waals surface area contributed by atoms with Crippen LogP contribution in [-0.4, -0.2) is 23.9 Å². The molecule has 64 valence electrons. The average Bonchev–Trinajstić information content (AvgIpc) is 2.37. The standard InChI is InChI=1S/C8H17N3/c1-2-3-4-6-11-7-5-8(9)10-11/h2-7H2,1H3,(H2,9,10). The largest absolute Gasteiger partial charge is 0.386 e. The van der Waals surface area contributed by atoms with Gasteiger partial charge in [-0.15, -0.1) is 0 Å². The van der Waals surface area contributed by atoms with Gasteiger partial charge >= 0.3 is 0 Å². The van der Waals surface area contributed by atoms with Gasteiger partial charge in [0.15, 0.2) is 0 Å². The number of unbranched alkanes of at least 4 members (excludes halogenated alkanes) is 2. The SMILES string of the molecule is CCCCCN1CCC(N)=N1. The molecule has 1 rings (SSSR count). The summed E-state index contributed by atoms with van der Waals surface area (Å²) in [5.74, 6) is 0.793. The number of hydrazone groups is 1. The van der Waals surface area contributed by atoms with Crippen LogP contribution < -0.4 is 5.73 Å². The summed E-state index contributed by atoms with van der Waals surface area (Å²) in [5, 5.41) is 6.26. The van der Waals surface area contributed by atoms with Crippen LogP contribution in [0.1, 0.15) is 32.6 Å². The number of nitrogens with two attached hydrogens (primary N) is 1. The monoisotopic (exact) mass is 155 g/mol. The maximum atomic E-state index is 5.54. The van der Waals surface area contributed by atoms with Gasteiger partial charge in [-0.05, 0) is 6.42 Å². The zero-order valence-electron chi connectivity index (χ0n) is 7.21. The van der Waals surface area contributed by atoms with Crippen LogP contribution in [0, 0.1) is 0 Å². The molecule has 3 heteroatoms. The molecule has 0 spiro atoms. The van der Waals surface area contributed by atoms with Gasteiger partial charge in [-0.2, -0.15) is 5.10 Å². The molecule has 0 bridgehead atoms. The molecule has 1 aliphatic heterocycles. The van der Waals surface area contributed by atoms with Crippen molar-refractivity contribution in [2.75, 3.05) is 13.1 Å². The minimum absolute atomic E-state index is 0.793. The number of nitrogens with zero attached hydrogens (tertiary/aromatic N) is 2. The van der Waals surface area contributed by atoms with Crippen molar-refractivity contribution in [2.24, 2.45) is 10.8 Å². The summed E-state index contributed by atoms with van der Waals surface area (Å²) in [6, 6.07) is 0. The van der Waals surface area contributed by atoms with E-state index < -0.39 is 0 Å². The topological polar surface area (TPSA) is 41.6 Å². The second kappa shape index (κ2) is 4.21. The minimum Gasteiger partial charge on any atom is -0.386 e. The van der Waals surface area contributed by atoms with E-state index in [1.807, 2.05) is 0 Å². The molecule has 1 heterocycles. The molecule has 11 heavy (non-hydrogen) atoms. The first-order chi connectivity index (χ1) is 5.33. The van der Waals surface area contributed by atoms with E-state index in [2.05, 4.69) is 17.0 Å². The van der Waals surface area contributed by atoms with Crippen molar-refractivity contribution >= 4 is 5.84 Å². The molecule has 0 saturated carbocycles. The van der Waals surface area contributed by atoms with Crippen LogP contribution in [-0.2, 0) is 0 Å². The van der Waals surface area contributed by atoms with Crippen LogP contribution in [0.15, 0.2) is 5.10 Å². The second-order valence-corrected chi connectivity index (χ2v) is 3.00. The highest BCUT2D eigenvalue weighted by Crippen LogP contribution is 2.05. The van der Waals surface area contributed by atoms with Crippen molar-refractivity contribution < 1.29 is 0 Å². The van der Waals surface area contributed by atoms with Gasteiger partial charge in [-0.3, -0.25) is 5.01 Å². The Hall–Kier alpha value is -0.730. The zero-order chi connectivity index (χ0) is 8.10. The molecule has 0 aromatic rings. The van der Waals surface area contributed by atoms with Crippen molar-refractivity contribution in [1.82, 2.24) is 5.01 Å². The molecule has 0 unspecified atom stereocenters. The summed E-state index contributed by atoms with van der Waals surface area (Å²) in [6.07, 6.45) is 4.76. The molecule has 0 radical (unpaired) electrons. The summed E-state index contributed by atoms with van der Waals surface area (Å²) in [7, 11) is 0. The van der Waals surface area contributed by atoms with Crippen LogP contribution in [0.25, 0.3) is 0 Å². The summed E-state index contributed by atoms with van der Waals surface area (Å²) in [6.45, 7) is 4.31. The quantitative estimate of drug-likeness (QED) is 0.619. The van der Waals surface area contributed by atoms with Gasteiger partial charge in [-0.1, -0.05) is 19.8 Å². The van der Waals surface area contributed by atoms with Gasteiger partial charge in [-0.25, -0.2) is 0 Å². The summed E-state index contributed by atoms with van der Waals surface area (Å²) in [5.41, 5.74) is 5.54. The predicted octanol–water partition coefficient (Wildman–Crippen LogP) is 1.15.